The molecule has 0 radical (unpaired) electrons. The molecule has 0 spiro atoms. The third-order valence-corrected chi connectivity index (χ3v) is 6.02. The summed E-state index contributed by atoms with van der Waals surface area (Å²) in [6.45, 7) is 10.4. The van der Waals surface area contributed by atoms with Crippen molar-refractivity contribution in [1.29, 1.82) is 0 Å². The molecular formula is C22H35N3O2. The second-order valence-corrected chi connectivity index (χ2v) is 8.38. The van der Waals surface area contributed by atoms with Crippen molar-refractivity contribution in [3.63, 3.8) is 0 Å². The van der Waals surface area contributed by atoms with Gasteiger partial charge < -0.3 is 10.6 Å². The van der Waals surface area contributed by atoms with Crippen molar-refractivity contribution in [3.05, 3.63) is 23.9 Å². The molecule has 2 atom stereocenters. The SMILES string of the molecule is CCC(C)C(NC(=O)C1CCC(C(C)C)CC1)C(=O)Nc1cccc(C)n1. The van der Waals surface area contributed by atoms with E-state index in [0.717, 1.165) is 43.7 Å². The minimum Gasteiger partial charge on any atom is -0.344 e. The van der Waals surface area contributed by atoms with E-state index in [-0.39, 0.29) is 23.7 Å². The highest BCUT2D eigenvalue weighted by Gasteiger charge is 2.32. The van der Waals surface area contributed by atoms with Gasteiger partial charge in [0.15, 0.2) is 0 Å². The Labute approximate surface area is 163 Å². The molecule has 1 heterocycles. The molecule has 150 valence electrons. The number of anilines is 1. The van der Waals surface area contributed by atoms with Crippen molar-refractivity contribution in [3.8, 4) is 0 Å². The van der Waals surface area contributed by atoms with Crippen LogP contribution in [0, 0.1) is 30.6 Å². The molecule has 2 N–H and O–H groups in total. The number of pyridine rings is 1. The number of rotatable bonds is 7. The Morgan fingerprint density at radius 1 is 1.15 bits per heavy atom. The fourth-order valence-corrected chi connectivity index (χ4v) is 3.84. The molecule has 1 saturated carbocycles. The number of carbonyl (C=O) groups excluding carboxylic acids is 2. The van der Waals surface area contributed by atoms with E-state index in [2.05, 4.69) is 29.5 Å². The third-order valence-electron chi connectivity index (χ3n) is 6.02. The van der Waals surface area contributed by atoms with Crippen LogP contribution in [0.15, 0.2) is 18.2 Å². The monoisotopic (exact) mass is 373 g/mol. The zero-order chi connectivity index (χ0) is 20.0. The van der Waals surface area contributed by atoms with Crippen LogP contribution in [0.3, 0.4) is 0 Å². The first-order valence-corrected chi connectivity index (χ1v) is 10.4. The first-order valence-electron chi connectivity index (χ1n) is 10.4. The highest BCUT2D eigenvalue weighted by molar-refractivity contribution is 5.97. The van der Waals surface area contributed by atoms with Gasteiger partial charge in [0.25, 0.3) is 0 Å². The quantitative estimate of drug-likeness (QED) is 0.747. The molecule has 0 aromatic carbocycles. The molecule has 1 aromatic rings. The summed E-state index contributed by atoms with van der Waals surface area (Å²) in [7, 11) is 0. The lowest BCUT2D eigenvalue weighted by Gasteiger charge is -2.32. The first-order chi connectivity index (χ1) is 12.8. The summed E-state index contributed by atoms with van der Waals surface area (Å²) in [5.74, 6) is 1.84. The molecule has 2 rings (SSSR count). The van der Waals surface area contributed by atoms with Gasteiger partial charge in [-0.05, 0) is 62.5 Å². The van der Waals surface area contributed by atoms with E-state index in [1.165, 1.54) is 0 Å². The molecule has 2 unspecified atom stereocenters. The largest absolute Gasteiger partial charge is 0.344 e. The fraction of sp³-hybridized carbons (Fsp3) is 0.682. The lowest BCUT2D eigenvalue weighted by Crippen LogP contribution is -2.50. The lowest BCUT2D eigenvalue weighted by molar-refractivity contribution is -0.131. The Morgan fingerprint density at radius 3 is 2.37 bits per heavy atom. The zero-order valence-corrected chi connectivity index (χ0v) is 17.4. The van der Waals surface area contributed by atoms with Gasteiger partial charge in [0.2, 0.25) is 11.8 Å². The normalized spacial score (nSPS) is 22.1. The van der Waals surface area contributed by atoms with Crippen molar-refractivity contribution in [2.75, 3.05) is 5.32 Å². The van der Waals surface area contributed by atoms with Crippen LogP contribution >= 0.6 is 0 Å². The van der Waals surface area contributed by atoms with Gasteiger partial charge in [-0.3, -0.25) is 9.59 Å². The van der Waals surface area contributed by atoms with Gasteiger partial charge in [0, 0.05) is 11.6 Å². The van der Waals surface area contributed by atoms with Crippen LogP contribution in [0.2, 0.25) is 0 Å². The summed E-state index contributed by atoms with van der Waals surface area (Å²) in [6.07, 6.45) is 4.86. The van der Waals surface area contributed by atoms with Gasteiger partial charge in [-0.25, -0.2) is 4.98 Å². The van der Waals surface area contributed by atoms with Gasteiger partial charge in [-0.15, -0.1) is 0 Å². The fourth-order valence-electron chi connectivity index (χ4n) is 3.84. The summed E-state index contributed by atoms with van der Waals surface area (Å²) >= 11 is 0. The summed E-state index contributed by atoms with van der Waals surface area (Å²) in [4.78, 5) is 30.0. The Hall–Kier alpha value is -1.91. The molecule has 5 nitrogen and oxygen atoms in total. The molecular weight excluding hydrogens is 338 g/mol. The Balaban J connectivity index is 1.99. The Kier molecular flexibility index (Phi) is 7.81. The molecule has 1 aromatic heterocycles. The van der Waals surface area contributed by atoms with E-state index in [0.29, 0.717) is 11.7 Å². The predicted octanol–water partition coefficient (Wildman–Crippen LogP) is 4.32. The van der Waals surface area contributed by atoms with Crippen molar-refractivity contribution >= 4 is 17.6 Å². The van der Waals surface area contributed by atoms with E-state index >= 15 is 0 Å². The minimum atomic E-state index is -0.535. The van der Waals surface area contributed by atoms with E-state index in [1.807, 2.05) is 32.9 Å². The minimum absolute atomic E-state index is 0.0230. The maximum atomic E-state index is 12.8. The maximum absolute atomic E-state index is 12.8. The highest BCUT2D eigenvalue weighted by atomic mass is 16.2. The molecule has 0 bridgehead atoms. The van der Waals surface area contributed by atoms with E-state index in [4.69, 9.17) is 0 Å². The Morgan fingerprint density at radius 2 is 1.81 bits per heavy atom. The number of aryl methyl sites for hydroxylation is 1. The number of hydrogen-bond donors (Lipinski definition) is 2. The highest BCUT2D eigenvalue weighted by Crippen LogP contribution is 2.33. The van der Waals surface area contributed by atoms with Crippen LogP contribution in [-0.2, 0) is 9.59 Å². The molecule has 0 saturated heterocycles. The maximum Gasteiger partial charge on any atom is 0.248 e. The second-order valence-electron chi connectivity index (χ2n) is 8.38. The number of nitrogens with one attached hydrogen (secondary N) is 2. The van der Waals surface area contributed by atoms with Gasteiger partial charge in [-0.1, -0.05) is 40.2 Å². The smallest absolute Gasteiger partial charge is 0.248 e. The topological polar surface area (TPSA) is 71.1 Å². The van der Waals surface area contributed by atoms with E-state index in [1.54, 1.807) is 6.07 Å². The number of amides is 2. The molecule has 1 aliphatic carbocycles. The summed E-state index contributed by atoms with van der Waals surface area (Å²) in [5.41, 5.74) is 0.846. The average Bonchev–Trinajstić information content (AvgIpc) is 2.65. The molecule has 1 aliphatic rings. The van der Waals surface area contributed by atoms with Gasteiger partial charge in [0.05, 0.1) is 0 Å². The predicted molar refractivity (Wildman–Crippen MR) is 109 cm³/mol. The van der Waals surface area contributed by atoms with Crippen molar-refractivity contribution in [1.82, 2.24) is 10.3 Å². The zero-order valence-electron chi connectivity index (χ0n) is 17.4. The van der Waals surface area contributed by atoms with Crippen LogP contribution in [0.5, 0.6) is 0 Å². The number of aromatic nitrogens is 1. The van der Waals surface area contributed by atoms with Gasteiger partial charge in [0.1, 0.15) is 11.9 Å². The molecule has 2 amide bonds. The third kappa shape index (κ3) is 6.05. The van der Waals surface area contributed by atoms with Crippen LogP contribution < -0.4 is 10.6 Å². The van der Waals surface area contributed by atoms with Crippen LogP contribution in [0.4, 0.5) is 5.82 Å². The van der Waals surface area contributed by atoms with E-state index < -0.39 is 6.04 Å². The summed E-state index contributed by atoms with van der Waals surface area (Å²) < 4.78 is 0. The number of nitrogens with zero attached hydrogens (tertiary/aromatic N) is 1. The number of carbonyl (C=O) groups is 2. The Bertz CT molecular complexity index is 636. The van der Waals surface area contributed by atoms with E-state index in [9.17, 15) is 9.59 Å². The summed E-state index contributed by atoms with van der Waals surface area (Å²) in [5, 5.41) is 5.90. The summed E-state index contributed by atoms with van der Waals surface area (Å²) in [6, 6.07) is 4.99. The standard InChI is InChI=1S/C22H35N3O2/c1-6-15(4)20(22(27)24-19-9-7-8-16(5)23-19)25-21(26)18-12-10-17(11-13-18)14(2)3/h7-9,14-15,17-18,20H,6,10-13H2,1-5H3,(H,25,26)(H,23,24,27). The number of hydrogen-bond acceptors (Lipinski definition) is 3. The van der Waals surface area contributed by atoms with Crippen molar-refractivity contribution in [2.45, 2.75) is 72.8 Å². The average molecular weight is 374 g/mol. The molecule has 5 heteroatoms. The molecule has 1 fully saturated rings. The van der Waals surface area contributed by atoms with Crippen LogP contribution in [-0.4, -0.2) is 22.8 Å². The van der Waals surface area contributed by atoms with Crippen molar-refractivity contribution in [2.24, 2.45) is 23.7 Å². The van der Waals surface area contributed by atoms with Gasteiger partial charge in [-0.2, -0.15) is 0 Å². The molecule has 27 heavy (non-hydrogen) atoms. The molecule has 0 aliphatic heterocycles. The van der Waals surface area contributed by atoms with Crippen LogP contribution in [0.25, 0.3) is 0 Å². The van der Waals surface area contributed by atoms with Gasteiger partial charge >= 0.3 is 0 Å². The second kappa shape index (κ2) is 9.86. The first kappa shape index (κ1) is 21.4. The van der Waals surface area contributed by atoms with Crippen LogP contribution in [0.1, 0.15) is 65.5 Å². The van der Waals surface area contributed by atoms with Crippen molar-refractivity contribution < 1.29 is 9.59 Å². The lowest BCUT2D eigenvalue weighted by atomic mass is 9.76.